The lowest BCUT2D eigenvalue weighted by Crippen LogP contribution is -2.57. The summed E-state index contributed by atoms with van der Waals surface area (Å²) in [5.41, 5.74) is 2.59. The molecule has 1 aromatic carbocycles. The highest BCUT2D eigenvalue weighted by Crippen LogP contribution is 2.25. The summed E-state index contributed by atoms with van der Waals surface area (Å²) in [4.78, 5) is 4.66. The van der Waals surface area contributed by atoms with Gasteiger partial charge in [-0.3, -0.25) is 4.90 Å². The SMILES string of the molecule is CC(C)c1ccc(N2CC(C)N(C)CC2CO)cc1. The van der Waals surface area contributed by atoms with Crippen LogP contribution in [0, 0.1) is 0 Å². The van der Waals surface area contributed by atoms with E-state index in [2.05, 4.69) is 61.9 Å². The molecule has 3 heteroatoms. The van der Waals surface area contributed by atoms with Crippen LogP contribution >= 0.6 is 0 Å². The summed E-state index contributed by atoms with van der Waals surface area (Å²) in [5, 5.41) is 9.60. The van der Waals surface area contributed by atoms with Gasteiger partial charge in [0.05, 0.1) is 12.6 Å². The first-order chi connectivity index (χ1) is 9.02. The lowest BCUT2D eigenvalue weighted by atomic mass is 10.0. The van der Waals surface area contributed by atoms with Gasteiger partial charge in [-0.25, -0.2) is 0 Å². The Morgan fingerprint density at radius 2 is 1.84 bits per heavy atom. The maximum Gasteiger partial charge on any atom is 0.0648 e. The van der Waals surface area contributed by atoms with Crippen molar-refractivity contribution >= 4 is 5.69 Å². The number of aliphatic hydroxyl groups excluding tert-OH is 1. The van der Waals surface area contributed by atoms with Crippen molar-refractivity contribution in [3.63, 3.8) is 0 Å². The Bertz CT molecular complexity index is 402. The molecule has 0 saturated carbocycles. The Labute approximate surface area is 116 Å². The van der Waals surface area contributed by atoms with E-state index < -0.39 is 0 Å². The van der Waals surface area contributed by atoms with Crippen molar-refractivity contribution in [1.29, 1.82) is 0 Å². The van der Waals surface area contributed by atoms with Crippen LogP contribution in [-0.2, 0) is 0 Å². The van der Waals surface area contributed by atoms with E-state index in [0.717, 1.165) is 13.1 Å². The molecule has 1 aliphatic rings. The van der Waals surface area contributed by atoms with Crippen LogP contribution in [0.3, 0.4) is 0 Å². The molecular weight excluding hydrogens is 236 g/mol. The number of likely N-dealkylation sites (N-methyl/N-ethyl adjacent to an activating group) is 1. The van der Waals surface area contributed by atoms with E-state index in [1.54, 1.807) is 0 Å². The van der Waals surface area contributed by atoms with Crippen LogP contribution in [0.1, 0.15) is 32.3 Å². The molecule has 1 saturated heterocycles. The minimum Gasteiger partial charge on any atom is -0.394 e. The van der Waals surface area contributed by atoms with Crippen molar-refractivity contribution in [1.82, 2.24) is 4.90 Å². The predicted octanol–water partition coefficient (Wildman–Crippen LogP) is 2.31. The van der Waals surface area contributed by atoms with Crippen molar-refractivity contribution in [2.75, 3.05) is 31.6 Å². The fourth-order valence-electron chi connectivity index (χ4n) is 2.71. The van der Waals surface area contributed by atoms with Crippen LogP contribution in [0.25, 0.3) is 0 Å². The van der Waals surface area contributed by atoms with Crippen LogP contribution in [0.2, 0.25) is 0 Å². The second-order valence-corrected chi connectivity index (χ2v) is 6.02. The summed E-state index contributed by atoms with van der Waals surface area (Å²) >= 11 is 0. The topological polar surface area (TPSA) is 26.7 Å². The third kappa shape index (κ3) is 3.10. The van der Waals surface area contributed by atoms with Gasteiger partial charge in [0.25, 0.3) is 0 Å². The molecular formula is C16H26N2O. The molecule has 0 amide bonds. The highest BCUT2D eigenvalue weighted by atomic mass is 16.3. The number of anilines is 1. The van der Waals surface area contributed by atoms with Crippen molar-refractivity contribution in [2.45, 2.75) is 38.8 Å². The maximum atomic E-state index is 9.60. The molecule has 19 heavy (non-hydrogen) atoms. The average molecular weight is 262 g/mol. The number of aliphatic hydroxyl groups is 1. The van der Waals surface area contributed by atoms with Gasteiger partial charge >= 0.3 is 0 Å². The first kappa shape index (κ1) is 14.4. The van der Waals surface area contributed by atoms with E-state index in [9.17, 15) is 5.11 Å². The van der Waals surface area contributed by atoms with E-state index in [1.807, 2.05) is 0 Å². The first-order valence-corrected chi connectivity index (χ1v) is 7.20. The predicted molar refractivity (Wildman–Crippen MR) is 80.8 cm³/mol. The quantitative estimate of drug-likeness (QED) is 0.905. The zero-order valence-corrected chi connectivity index (χ0v) is 12.5. The molecule has 106 valence electrons. The normalized spacial score (nSPS) is 25.1. The molecule has 1 aromatic rings. The standard InChI is InChI=1S/C16H26N2O/c1-12(2)14-5-7-15(8-6-14)18-9-13(3)17(4)10-16(18)11-19/h5-8,12-13,16,19H,9-11H2,1-4H3. The van der Waals surface area contributed by atoms with Gasteiger partial charge in [-0.2, -0.15) is 0 Å². The lowest BCUT2D eigenvalue weighted by Gasteiger charge is -2.44. The number of nitrogens with zero attached hydrogens (tertiary/aromatic N) is 2. The Morgan fingerprint density at radius 3 is 2.37 bits per heavy atom. The molecule has 0 aromatic heterocycles. The van der Waals surface area contributed by atoms with Gasteiger partial charge in [-0.15, -0.1) is 0 Å². The fourth-order valence-corrected chi connectivity index (χ4v) is 2.71. The number of hydrogen-bond acceptors (Lipinski definition) is 3. The van der Waals surface area contributed by atoms with Crippen LogP contribution in [-0.4, -0.2) is 48.8 Å². The first-order valence-electron chi connectivity index (χ1n) is 7.20. The van der Waals surface area contributed by atoms with E-state index in [4.69, 9.17) is 0 Å². The number of hydrogen-bond donors (Lipinski definition) is 1. The molecule has 2 atom stereocenters. The van der Waals surface area contributed by atoms with Crippen molar-refractivity contribution < 1.29 is 5.11 Å². The molecule has 1 aliphatic heterocycles. The van der Waals surface area contributed by atoms with E-state index in [1.165, 1.54) is 11.3 Å². The molecule has 0 spiro atoms. The molecule has 1 heterocycles. The highest BCUT2D eigenvalue weighted by Gasteiger charge is 2.29. The van der Waals surface area contributed by atoms with Crippen LogP contribution in [0.4, 0.5) is 5.69 Å². The van der Waals surface area contributed by atoms with Gasteiger partial charge in [-0.1, -0.05) is 26.0 Å². The van der Waals surface area contributed by atoms with Gasteiger partial charge < -0.3 is 10.0 Å². The largest absolute Gasteiger partial charge is 0.394 e. The van der Waals surface area contributed by atoms with Gasteiger partial charge in [0.1, 0.15) is 0 Å². The molecule has 0 radical (unpaired) electrons. The van der Waals surface area contributed by atoms with Gasteiger partial charge in [0.2, 0.25) is 0 Å². The van der Waals surface area contributed by atoms with Gasteiger partial charge in [0, 0.05) is 24.8 Å². The Balaban J connectivity index is 2.18. The molecule has 2 unspecified atom stereocenters. The van der Waals surface area contributed by atoms with Crippen molar-refractivity contribution in [3.05, 3.63) is 29.8 Å². The summed E-state index contributed by atoms with van der Waals surface area (Å²) in [6, 6.07) is 9.51. The maximum absolute atomic E-state index is 9.60. The summed E-state index contributed by atoms with van der Waals surface area (Å²) in [5.74, 6) is 0.564. The van der Waals surface area contributed by atoms with Crippen molar-refractivity contribution in [3.8, 4) is 0 Å². The molecule has 1 N–H and O–H groups in total. The van der Waals surface area contributed by atoms with Gasteiger partial charge in [0.15, 0.2) is 0 Å². The third-order valence-electron chi connectivity index (χ3n) is 4.26. The minimum atomic E-state index is 0.200. The Morgan fingerprint density at radius 1 is 1.21 bits per heavy atom. The number of rotatable bonds is 3. The highest BCUT2D eigenvalue weighted by molar-refractivity contribution is 5.50. The number of benzene rings is 1. The second-order valence-electron chi connectivity index (χ2n) is 6.02. The lowest BCUT2D eigenvalue weighted by molar-refractivity contribution is 0.155. The van der Waals surface area contributed by atoms with Crippen LogP contribution in [0.5, 0.6) is 0 Å². The summed E-state index contributed by atoms with van der Waals surface area (Å²) in [6.45, 7) is 8.77. The van der Waals surface area contributed by atoms with E-state index in [-0.39, 0.29) is 12.6 Å². The Hall–Kier alpha value is -1.06. The molecule has 0 aliphatic carbocycles. The van der Waals surface area contributed by atoms with Crippen molar-refractivity contribution in [2.24, 2.45) is 0 Å². The van der Waals surface area contributed by atoms with E-state index in [0.29, 0.717) is 12.0 Å². The summed E-state index contributed by atoms with van der Waals surface area (Å²) in [7, 11) is 2.13. The second kappa shape index (κ2) is 5.93. The minimum absolute atomic E-state index is 0.200. The van der Waals surface area contributed by atoms with Gasteiger partial charge in [-0.05, 0) is 37.6 Å². The fraction of sp³-hybridized carbons (Fsp3) is 0.625. The summed E-state index contributed by atoms with van der Waals surface area (Å²) in [6.07, 6.45) is 0. The average Bonchev–Trinajstić information content (AvgIpc) is 2.41. The molecule has 3 nitrogen and oxygen atoms in total. The Kier molecular flexibility index (Phi) is 4.48. The molecule has 0 bridgehead atoms. The molecule has 2 rings (SSSR count). The molecule has 1 fully saturated rings. The zero-order valence-electron chi connectivity index (χ0n) is 12.5. The zero-order chi connectivity index (χ0) is 14.0. The monoisotopic (exact) mass is 262 g/mol. The summed E-state index contributed by atoms with van der Waals surface area (Å²) < 4.78 is 0. The van der Waals surface area contributed by atoms with E-state index >= 15 is 0 Å². The smallest absolute Gasteiger partial charge is 0.0648 e. The third-order valence-corrected chi connectivity index (χ3v) is 4.26. The van der Waals surface area contributed by atoms with Crippen LogP contribution < -0.4 is 4.90 Å². The number of piperazine rings is 1. The van der Waals surface area contributed by atoms with Crippen LogP contribution in [0.15, 0.2) is 24.3 Å².